The fourth-order valence-electron chi connectivity index (χ4n) is 1.45. The minimum Gasteiger partial charge on any atom is -0.492 e. The Bertz CT molecular complexity index is 403. The monoisotopic (exact) mass is 232 g/mol. The molecular weight excluding hydrogens is 227 g/mol. The topological polar surface area (TPSA) is 46.5 Å². The summed E-state index contributed by atoms with van der Waals surface area (Å²) in [4.78, 5) is 10.8. The molecule has 1 aromatic carbocycles. The first-order chi connectivity index (χ1) is 6.61. The second kappa shape index (κ2) is 3.33. The van der Waals surface area contributed by atoms with Crippen molar-refractivity contribution in [3.8, 4) is 5.75 Å². The number of hydrogen-bond acceptors (Lipinski definition) is 2. The van der Waals surface area contributed by atoms with Gasteiger partial charge in [-0.15, -0.1) is 0 Å². The zero-order valence-electron chi connectivity index (χ0n) is 6.96. The van der Waals surface area contributed by atoms with E-state index in [1.807, 2.05) is 0 Å². The molecule has 1 heterocycles. The molecule has 1 atom stereocenters. The van der Waals surface area contributed by atoms with Gasteiger partial charge in [-0.25, -0.2) is 0 Å². The molecule has 1 aliphatic rings. The van der Waals surface area contributed by atoms with E-state index in [0.717, 1.165) is 0 Å². The van der Waals surface area contributed by atoms with Crippen molar-refractivity contribution < 1.29 is 14.6 Å². The third-order valence-corrected chi connectivity index (χ3v) is 2.96. The zero-order chi connectivity index (χ0) is 10.3. The Morgan fingerprint density at radius 1 is 1.50 bits per heavy atom. The first kappa shape index (κ1) is 9.62. The van der Waals surface area contributed by atoms with Crippen LogP contribution in [0.4, 0.5) is 0 Å². The summed E-state index contributed by atoms with van der Waals surface area (Å²) in [6, 6.07) is 3.22. The van der Waals surface area contributed by atoms with Gasteiger partial charge in [-0.05, 0) is 12.1 Å². The largest absolute Gasteiger partial charge is 0.492 e. The van der Waals surface area contributed by atoms with Gasteiger partial charge in [0, 0.05) is 5.56 Å². The number of carboxylic acid groups (broad SMARTS) is 1. The number of aliphatic carboxylic acids is 1. The van der Waals surface area contributed by atoms with Crippen LogP contribution in [0.15, 0.2) is 12.1 Å². The molecule has 1 N–H and O–H groups in total. The number of hydrogen-bond donors (Lipinski definition) is 1. The Hall–Kier alpha value is -0.930. The predicted molar refractivity (Wildman–Crippen MR) is 52.3 cm³/mol. The lowest BCUT2D eigenvalue weighted by molar-refractivity contribution is -0.138. The van der Waals surface area contributed by atoms with Gasteiger partial charge < -0.3 is 9.84 Å². The molecule has 0 aromatic heterocycles. The van der Waals surface area contributed by atoms with Crippen molar-refractivity contribution in [1.29, 1.82) is 0 Å². The van der Waals surface area contributed by atoms with Gasteiger partial charge in [0.15, 0.2) is 0 Å². The average molecular weight is 233 g/mol. The van der Waals surface area contributed by atoms with Crippen LogP contribution >= 0.6 is 23.2 Å². The van der Waals surface area contributed by atoms with Crippen LogP contribution in [0.25, 0.3) is 0 Å². The highest BCUT2D eigenvalue weighted by Gasteiger charge is 2.33. The SMILES string of the molecule is O=C(O)C1COc2ccc(Cl)c(Cl)c21. The van der Waals surface area contributed by atoms with E-state index < -0.39 is 11.9 Å². The summed E-state index contributed by atoms with van der Waals surface area (Å²) in [5.41, 5.74) is 0.478. The van der Waals surface area contributed by atoms with Crippen LogP contribution in [0.1, 0.15) is 11.5 Å². The molecule has 0 saturated carbocycles. The maximum Gasteiger partial charge on any atom is 0.314 e. The average Bonchev–Trinajstić information content (AvgIpc) is 2.55. The van der Waals surface area contributed by atoms with Gasteiger partial charge in [-0.2, -0.15) is 0 Å². The van der Waals surface area contributed by atoms with Gasteiger partial charge in [0.05, 0.1) is 10.0 Å². The smallest absolute Gasteiger partial charge is 0.314 e. The van der Waals surface area contributed by atoms with Crippen LogP contribution in [-0.2, 0) is 4.79 Å². The van der Waals surface area contributed by atoms with Gasteiger partial charge >= 0.3 is 5.97 Å². The molecule has 5 heteroatoms. The van der Waals surface area contributed by atoms with Crippen LogP contribution in [0.5, 0.6) is 5.75 Å². The highest BCUT2D eigenvalue weighted by molar-refractivity contribution is 6.42. The van der Waals surface area contributed by atoms with E-state index in [1.165, 1.54) is 0 Å². The number of carbonyl (C=O) groups is 1. The summed E-state index contributed by atoms with van der Waals surface area (Å²) in [6.07, 6.45) is 0. The molecule has 1 aromatic rings. The van der Waals surface area contributed by atoms with E-state index >= 15 is 0 Å². The summed E-state index contributed by atoms with van der Waals surface area (Å²) in [7, 11) is 0. The van der Waals surface area contributed by atoms with Gasteiger partial charge in [-0.3, -0.25) is 4.79 Å². The first-order valence-electron chi connectivity index (χ1n) is 3.94. The van der Waals surface area contributed by atoms with Crippen molar-refractivity contribution in [2.45, 2.75) is 5.92 Å². The van der Waals surface area contributed by atoms with Crippen molar-refractivity contribution in [2.75, 3.05) is 6.61 Å². The van der Waals surface area contributed by atoms with E-state index in [1.54, 1.807) is 12.1 Å². The molecule has 0 bridgehead atoms. The number of benzene rings is 1. The van der Waals surface area contributed by atoms with Crippen molar-refractivity contribution in [3.05, 3.63) is 27.7 Å². The normalized spacial score (nSPS) is 18.9. The van der Waals surface area contributed by atoms with Crippen LogP contribution in [0.3, 0.4) is 0 Å². The van der Waals surface area contributed by atoms with Crippen molar-refractivity contribution in [2.24, 2.45) is 0 Å². The molecule has 3 nitrogen and oxygen atoms in total. The molecule has 0 saturated heterocycles. The summed E-state index contributed by atoms with van der Waals surface area (Å²) >= 11 is 11.7. The maximum absolute atomic E-state index is 10.8. The number of ether oxygens (including phenoxy) is 1. The molecule has 2 rings (SSSR count). The van der Waals surface area contributed by atoms with E-state index in [0.29, 0.717) is 16.3 Å². The number of carboxylic acids is 1. The quantitative estimate of drug-likeness (QED) is 0.810. The minimum atomic E-state index is -0.951. The lowest BCUT2D eigenvalue weighted by Crippen LogP contribution is -2.12. The Balaban J connectivity index is 2.57. The fourth-order valence-corrected chi connectivity index (χ4v) is 1.90. The van der Waals surface area contributed by atoms with Gasteiger partial charge in [-0.1, -0.05) is 23.2 Å². The third-order valence-electron chi connectivity index (χ3n) is 2.14. The van der Waals surface area contributed by atoms with Gasteiger partial charge in [0.1, 0.15) is 18.3 Å². The van der Waals surface area contributed by atoms with E-state index in [2.05, 4.69) is 0 Å². The lowest BCUT2D eigenvalue weighted by atomic mass is 10.0. The van der Waals surface area contributed by atoms with Gasteiger partial charge in [0.25, 0.3) is 0 Å². The molecule has 1 aliphatic heterocycles. The summed E-state index contributed by atoms with van der Waals surface area (Å²) < 4.78 is 5.18. The molecular formula is C9H6Cl2O3. The Kier molecular flexibility index (Phi) is 2.29. The van der Waals surface area contributed by atoms with Crippen molar-refractivity contribution >= 4 is 29.2 Å². The van der Waals surface area contributed by atoms with Crippen LogP contribution in [0.2, 0.25) is 10.0 Å². The number of rotatable bonds is 1. The van der Waals surface area contributed by atoms with E-state index in [9.17, 15) is 4.79 Å². The molecule has 14 heavy (non-hydrogen) atoms. The van der Waals surface area contributed by atoms with Gasteiger partial charge in [0.2, 0.25) is 0 Å². The van der Waals surface area contributed by atoms with E-state index in [4.69, 9.17) is 33.0 Å². The molecule has 74 valence electrons. The van der Waals surface area contributed by atoms with Crippen LogP contribution in [-0.4, -0.2) is 17.7 Å². The number of fused-ring (bicyclic) bond motifs is 1. The third kappa shape index (κ3) is 1.33. The highest BCUT2D eigenvalue weighted by Crippen LogP contribution is 2.42. The Morgan fingerprint density at radius 2 is 2.21 bits per heavy atom. The summed E-state index contributed by atoms with van der Waals surface area (Å²) in [5.74, 6) is -1.16. The predicted octanol–water partition coefficient (Wildman–Crippen LogP) is 2.55. The molecule has 0 radical (unpaired) electrons. The Labute approximate surface area is 90.2 Å². The molecule has 0 fully saturated rings. The Morgan fingerprint density at radius 3 is 2.86 bits per heavy atom. The second-order valence-corrected chi connectivity index (χ2v) is 3.76. The first-order valence-corrected chi connectivity index (χ1v) is 4.70. The molecule has 0 spiro atoms. The lowest BCUT2D eigenvalue weighted by Gasteiger charge is -2.05. The standard InChI is InChI=1S/C9H6Cl2O3/c10-5-1-2-6-7(8(5)11)4(3-14-6)9(12)13/h1-2,4H,3H2,(H,12,13). The maximum atomic E-state index is 10.8. The van der Waals surface area contributed by atoms with Crippen LogP contribution in [0, 0.1) is 0 Å². The van der Waals surface area contributed by atoms with Crippen molar-refractivity contribution in [3.63, 3.8) is 0 Å². The summed E-state index contributed by atoms with van der Waals surface area (Å²) in [5, 5.41) is 9.52. The second-order valence-electron chi connectivity index (χ2n) is 2.98. The molecule has 1 unspecified atom stereocenters. The molecule has 0 aliphatic carbocycles. The number of halogens is 2. The highest BCUT2D eigenvalue weighted by atomic mass is 35.5. The van der Waals surface area contributed by atoms with Crippen LogP contribution < -0.4 is 4.74 Å². The summed E-state index contributed by atoms with van der Waals surface area (Å²) in [6.45, 7) is 0.116. The van der Waals surface area contributed by atoms with Crippen molar-refractivity contribution in [1.82, 2.24) is 0 Å². The zero-order valence-corrected chi connectivity index (χ0v) is 8.47. The van der Waals surface area contributed by atoms with E-state index in [-0.39, 0.29) is 11.6 Å². The minimum absolute atomic E-state index is 0.116. The molecule has 0 amide bonds. The fraction of sp³-hybridized carbons (Fsp3) is 0.222.